The minimum Gasteiger partial charge on any atom is -0.310 e. The molecule has 2 saturated heterocycles. The zero-order valence-electron chi connectivity index (χ0n) is 22.3. The number of urea groups is 1. The third-order valence-corrected chi connectivity index (χ3v) is 7.28. The fourth-order valence-corrected chi connectivity index (χ4v) is 5.23. The highest BCUT2D eigenvalue weighted by atomic mass is 16.2. The number of hydrogen-bond donors (Lipinski definition) is 1. The van der Waals surface area contributed by atoms with Crippen LogP contribution in [0.5, 0.6) is 0 Å². The first kappa shape index (κ1) is 26.4. The van der Waals surface area contributed by atoms with Crippen molar-refractivity contribution < 1.29 is 19.2 Å². The highest BCUT2D eigenvalue weighted by Crippen LogP contribution is 2.25. The Morgan fingerprint density at radius 2 is 1.69 bits per heavy atom. The van der Waals surface area contributed by atoms with Crippen LogP contribution in [0.2, 0.25) is 0 Å². The van der Waals surface area contributed by atoms with Crippen molar-refractivity contribution in [1.29, 1.82) is 0 Å². The molecule has 9 nitrogen and oxygen atoms in total. The number of Topliss-reactive ketones (excluding diaryl/α,β-unsaturated/α-hetero) is 2. The van der Waals surface area contributed by atoms with E-state index in [9.17, 15) is 19.2 Å². The van der Waals surface area contributed by atoms with E-state index in [0.29, 0.717) is 24.2 Å². The fourth-order valence-electron chi connectivity index (χ4n) is 5.23. The average Bonchev–Trinajstić information content (AvgIpc) is 3.32. The molecule has 3 amide bonds. The predicted molar refractivity (Wildman–Crippen MR) is 145 cm³/mol. The molecule has 0 bridgehead atoms. The third-order valence-electron chi connectivity index (χ3n) is 7.28. The van der Waals surface area contributed by atoms with Crippen LogP contribution in [0.1, 0.15) is 49.5 Å². The Hall–Kier alpha value is -4.21. The summed E-state index contributed by atoms with van der Waals surface area (Å²) in [5.74, 6) is -0.977. The Labute approximate surface area is 227 Å². The summed E-state index contributed by atoms with van der Waals surface area (Å²) in [4.78, 5) is 61.5. The van der Waals surface area contributed by atoms with Gasteiger partial charge in [0, 0.05) is 18.8 Å². The minimum absolute atomic E-state index is 0.0232. The maximum atomic E-state index is 13.4. The highest BCUT2D eigenvalue weighted by Gasteiger charge is 2.49. The zero-order chi connectivity index (χ0) is 27.7. The second kappa shape index (κ2) is 10.9. The van der Waals surface area contributed by atoms with Crippen molar-refractivity contribution in [3.8, 4) is 0 Å². The molecule has 2 unspecified atom stereocenters. The van der Waals surface area contributed by atoms with Crippen LogP contribution in [0.4, 0.5) is 4.79 Å². The van der Waals surface area contributed by atoms with Gasteiger partial charge in [-0.15, -0.1) is 0 Å². The number of nitrogens with zero attached hydrogens (tertiary/aromatic N) is 4. The zero-order valence-corrected chi connectivity index (χ0v) is 22.3. The van der Waals surface area contributed by atoms with Gasteiger partial charge in [-0.05, 0) is 66.9 Å². The van der Waals surface area contributed by atoms with Crippen molar-refractivity contribution in [3.05, 3.63) is 100 Å². The van der Waals surface area contributed by atoms with Crippen molar-refractivity contribution in [3.63, 3.8) is 0 Å². The molecule has 3 aromatic rings. The summed E-state index contributed by atoms with van der Waals surface area (Å²) in [6.45, 7) is 2.39. The minimum atomic E-state index is -0.485. The molecule has 2 fully saturated rings. The van der Waals surface area contributed by atoms with Gasteiger partial charge in [0.15, 0.2) is 11.6 Å². The van der Waals surface area contributed by atoms with E-state index in [2.05, 4.69) is 10.3 Å². The molecule has 0 aliphatic carbocycles. The van der Waals surface area contributed by atoms with Crippen LogP contribution in [-0.4, -0.2) is 76.2 Å². The Morgan fingerprint density at radius 3 is 2.44 bits per heavy atom. The van der Waals surface area contributed by atoms with Gasteiger partial charge in [0.1, 0.15) is 17.9 Å². The van der Waals surface area contributed by atoms with Crippen molar-refractivity contribution in [2.45, 2.75) is 38.5 Å². The molecule has 0 spiro atoms. The Bertz CT molecular complexity index is 1440. The SMILES string of the molecule is Cc1ccnc(C(=O)CC(=O)c2cc(Cc3ccccc3)cc(CN3C(=O)C4C(NCN4C)N(C)C3=O)c2)c1. The summed E-state index contributed by atoms with van der Waals surface area (Å²) in [6.07, 6.45) is 1.41. The number of aromatic nitrogens is 1. The summed E-state index contributed by atoms with van der Waals surface area (Å²) < 4.78 is 0. The second-order valence-corrected chi connectivity index (χ2v) is 10.3. The van der Waals surface area contributed by atoms with Crippen molar-refractivity contribution in [1.82, 2.24) is 25.0 Å². The van der Waals surface area contributed by atoms with Crippen LogP contribution in [0.3, 0.4) is 0 Å². The topological polar surface area (TPSA) is 103 Å². The lowest BCUT2D eigenvalue weighted by Gasteiger charge is -2.40. The molecule has 39 heavy (non-hydrogen) atoms. The summed E-state index contributed by atoms with van der Waals surface area (Å²) in [5.41, 5.74) is 4.06. The van der Waals surface area contributed by atoms with Crippen LogP contribution in [0.15, 0.2) is 66.9 Å². The Kier molecular flexibility index (Phi) is 7.36. The fraction of sp³-hybridized carbons (Fsp3) is 0.300. The van der Waals surface area contributed by atoms with Gasteiger partial charge in [0.2, 0.25) is 0 Å². The molecule has 0 saturated carbocycles. The summed E-state index contributed by atoms with van der Waals surface area (Å²) >= 11 is 0. The molecule has 9 heteroatoms. The van der Waals surface area contributed by atoms with Gasteiger partial charge in [-0.1, -0.05) is 36.4 Å². The molecule has 2 aliphatic heterocycles. The first-order chi connectivity index (χ1) is 18.7. The molecule has 1 aromatic heterocycles. The number of amides is 3. The van der Waals surface area contributed by atoms with E-state index in [-0.39, 0.29) is 42.3 Å². The monoisotopic (exact) mass is 525 g/mol. The van der Waals surface area contributed by atoms with Gasteiger partial charge in [-0.3, -0.25) is 34.5 Å². The van der Waals surface area contributed by atoms with E-state index in [1.54, 1.807) is 42.4 Å². The lowest BCUT2D eigenvalue weighted by atomic mass is 9.95. The largest absolute Gasteiger partial charge is 0.328 e. The smallest absolute Gasteiger partial charge is 0.310 e. The van der Waals surface area contributed by atoms with Crippen molar-refractivity contribution in [2.75, 3.05) is 20.8 Å². The maximum Gasteiger partial charge on any atom is 0.328 e. The average molecular weight is 526 g/mol. The van der Waals surface area contributed by atoms with E-state index in [4.69, 9.17) is 0 Å². The first-order valence-corrected chi connectivity index (χ1v) is 12.9. The number of nitrogens with one attached hydrogen (secondary N) is 1. The number of imide groups is 1. The van der Waals surface area contributed by atoms with Gasteiger partial charge < -0.3 is 4.90 Å². The van der Waals surface area contributed by atoms with E-state index < -0.39 is 12.1 Å². The lowest BCUT2D eigenvalue weighted by Crippen LogP contribution is -2.65. The summed E-state index contributed by atoms with van der Waals surface area (Å²) in [7, 11) is 3.52. The molecule has 3 heterocycles. The van der Waals surface area contributed by atoms with Gasteiger partial charge >= 0.3 is 6.03 Å². The number of hydrogen-bond acceptors (Lipinski definition) is 7. The normalized spacial score (nSPS) is 19.4. The molecule has 0 radical (unpaired) electrons. The number of rotatable bonds is 8. The number of ketones is 2. The van der Waals surface area contributed by atoms with Gasteiger partial charge in [-0.25, -0.2) is 4.79 Å². The van der Waals surface area contributed by atoms with E-state index >= 15 is 0 Å². The number of carbonyl (C=O) groups is 4. The van der Waals surface area contributed by atoms with E-state index in [1.165, 1.54) is 4.90 Å². The molecule has 200 valence electrons. The molecule has 2 atom stereocenters. The number of likely N-dealkylation sites (N-methyl/N-ethyl adjacent to an activating group) is 2. The van der Waals surface area contributed by atoms with Gasteiger partial charge in [-0.2, -0.15) is 0 Å². The quantitative estimate of drug-likeness (QED) is 0.356. The molecule has 2 aliphatic rings. The number of benzene rings is 2. The number of fused-ring (bicyclic) bond motifs is 1. The Morgan fingerprint density at radius 1 is 0.949 bits per heavy atom. The Balaban J connectivity index is 1.44. The lowest BCUT2D eigenvalue weighted by molar-refractivity contribution is -0.138. The van der Waals surface area contributed by atoms with Crippen LogP contribution >= 0.6 is 0 Å². The van der Waals surface area contributed by atoms with Crippen LogP contribution in [-0.2, 0) is 17.8 Å². The van der Waals surface area contributed by atoms with Crippen LogP contribution in [0.25, 0.3) is 0 Å². The number of pyridine rings is 1. The second-order valence-electron chi connectivity index (χ2n) is 10.3. The standard InChI is InChI=1S/C30H31N5O4/c1-19-9-10-31-24(11-19)26(37)16-25(36)23-14-21(12-20-7-5-4-6-8-20)13-22(15-23)17-35-29(38)27-28(32-18-33(27)2)34(3)30(35)39/h4-11,13-15,27-28,32H,12,16-18H2,1-3H3. The van der Waals surface area contributed by atoms with Gasteiger partial charge in [0.05, 0.1) is 19.6 Å². The maximum absolute atomic E-state index is 13.4. The molecule has 1 N–H and O–H groups in total. The van der Waals surface area contributed by atoms with E-state index in [1.807, 2.05) is 55.3 Å². The van der Waals surface area contributed by atoms with Crippen molar-refractivity contribution in [2.24, 2.45) is 0 Å². The van der Waals surface area contributed by atoms with Crippen LogP contribution < -0.4 is 5.32 Å². The molecule has 5 rings (SSSR count). The van der Waals surface area contributed by atoms with Gasteiger partial charge in [0.25, 0.3) is 5.91 Å². The molecule has 2 aromatic carbocycles. The number of aryl methyl sites for hydroxylation is 1. The van der Waals surface area contributed by atoms with Crippen LogP contribution in [0, 0.1) is 6.92 Å². The van der Waals surface area contributed by atoms with Crippen molar-refractivity contribution >= 4 is 23.5 Å². The summed E-state index contributed by atoms with van der Waals surface area (Å²) in [5, 5.41) is 3.20. The first-order valence-electron chi connectivity index (χ1n) is 12.9. The molecular formula is C30H31N5O4. The molecular weight excluding hydrogens is 494 g/mol. The highest BCUT2D eigenvalue weighted by molar-refractivity contribution is 6.13. The summed E-state index contributed by atoms with van der Waals surface area (Å²) in [6, 6.07) is 17.8. The predicted octanol–water partition coefficient (Wildman–Crippen LogP) is 3.02. The number of carbonyl (C=O) groups excluding carboxylic acids is 4. The third kappa shape index (κ3) is 5.50. The van der Waals surface area contributed by atoms with E-state index in [0.717, 1.165) is 16.7 Å².